The minimum absolute atomic E-state index is 0.138. The molecular formula is C23H19N3O4. The van der Waals surface area contributed by atoms with Gasteiger partial charge in [0.15, 0.2) is 0 Å². The standard InChI is InChI=1S/C23H19N3O4/c1-15(27)22(28)26-21-13-19(23(29)30-2)12-20(25-21)18-9-7-16(8-10-18)5-6-17-4-3-11-24-14-17/h3-4,7-15,27H,1-2H3,(H,25,26,28)/t15-/m0/s1. The maximum absolute atomic E-state index is 12.0. The van der Waals surface area contributed by atoms with Crippen molar-refractivity contribution in [1.29, 1.82) is 0 Å². The number of aliphatic hydroxyl groups excluding tert-OH is 1. The highest BCUT2D eigenvalue weighted by atomic mass is 16.5. The summed E-state index contributed by atoms with van der Waals surface area (Å²) in [4.78, 5) is 32.2. The van der Waals surface area contributed by atoms with E-state index in [4.69, 9.17) is 4.74 Å². The zero-order valence-electron chi connectivity index (χ0n) is 16.4. The van der Waals surface area contributed by atoms with Crippen LogP contribution in [0.25, 0.3) is 11.3 Å². The van der Waals surface area contributed by atoms with Crippen molar-refractivity contribution in [2.24, 2.45) is 0 Å². The number of aromatic nitrogens is 2. The monoisotopic (exact) mass is 401 g/mol. The Hall–Kier alpha value is -4.02. The Labute approximate surface area is 173 Å². The van der Waals surface area contributed by atoms with E-state index in [1.807, 2.05) is 36.4 Å². The number of hydrogen-bond donors (Lipinski definition) is 2. The summed E-state index contributed by atoms with van der Waals surface area (Å²) in [6.45, 7) is 1.34. The lowest BCUT2D eigenvalue weighted by Gasteiger charge is -2.10. The predicted molar refractivity (Wildman–Crippen MR) is 112 cm³/mol. The number of methoxy groups -OCH3 is 1. The highest BCUT2D eigenvalue weighted by Gasteiger charge is 2.15. The molecule has 0 saturated carbocycles. The van der Waals surface area contributed by atoms with Crippen LogP contribution in [0.4, 0.5) is 5.82 Å². The summed E-state index contributed by atoms with van der Waals surface area (Å²) >= 11 is 0. The molecule has 1 atom stereocenters. The van der Waals surface area contributed by atoms with Gasteiger partial charge in [0, 0.05) is 29.1 Å². The van der Waals surface area contributed by atoms with Gasteiger partial charge < -0.3 is 15.2 Å². The maximum Gasteiger partial charge on any atom is 0.338 e. The van der Waals surface area contributed by atoms with E-state index in [1.165, 1.54) is 20.1 Å². The molecule has 2 heterocycles. The Morgan fingerprint density at radius 1 is 1.10 bits per heavy atom. The number of carbonyl (C=O) groups is 2. The van der Waals surface area contributed by atoms with Crippen LogP contribution in [-0.4, -0.2) is 40.2 Å². The number of pyridine rings is 2. The van der Waals surface area contributed by atoms with E-state index in [0.717, 1.165) is 16.7 Å². The first-order valence-corrected chi connectivity index (χ1v) is 9.08. The number of anilines is 1. The van der Waals surface area contributed by atoms with Crippen molar-refractivity contribution in [3.63, 3.8) is 0 Å². The lowest BCUT2D eigenvalue weighted by atomic mass is 10.1. The van der Waals surface area contributed by atoms with Crippen LogP contribution < -0.4 is 5.32 Å². The molecule has 3 aromatic rings. The summed E-state index contributed by atoms with van der Waals surface area (Å²) in [7, 11) is 1.27. The van der Waals surface area contributed by atoms with E-state index < -0.39 is 18.0 Å². The van der Waals surface area contributed by atoms with Gasteiger partial charge in [-0.25, -0.2) is 9.78 Å². The van der Waals surface area contributed by atoms with Gasteiger partial charge in [-0.3, -0.25) is 9.78 Å². The molecule has 0 aliphatic rings. The highest BCUT2D eigenvalue weighted by molar-refractivity contribution is 5.96. The van der Waals surface area contributed by atoms with Gasteiger partial charge in [0.25, 0.3) is 5.91 Å². The predicted octanol–water partition coefficient (Wildman–Crippen LogP) is 2.65. The summed E-state index contributed by atoms with van der Waals surface area (Å²) in [5.41, 5.74) is 3.02. The van der Waals surface area contributed by atoms with E-state index in [1.54, 1.807) is 18.5 Å². The van der Waals surface area contributed by atoms with Gasteiger partial charge >= 0.3 is 5.97 Å². The Balaban J connectivity index is 1.91. The van der Waals surface area contributed by atoms with Crippen LogP contribution in [0, 0.1) is 11.8 Å². The fraction of sp³-hybridized carbons (Fsp3) is 0.130. The summed E-state index contributed by atoms with van der Waals surface area (Å²) in [5.74, 6) is 5.04. The molecule has 3 rings (SSSR count). The molecule has 7 nitrogen and oxygen atoms in total. The van der Waals surface area contributed by atoms with E-state index in [-0.39, 0.29) is 11.4 Å². The fourth-order valence-electron chi connectivity index (χ4n) is 2.51. The highest BCUT2D eigenvalue weighted by Crippen LogP contribution is 2.22. The van der Waals surface area contributed by atoms with Gasteiger partial charge in [-0.15, -0.1) is 0 Å². The number of benzene rings is 1. The molecular weight excluding hydrogens is 382 g/mol. The summed E-state index contributed by atoms with van der Waals surface area (Å²) in [6.07, 6.45) is 2.16. The van der Waals surface area contributed by atoms with Crippen LogP contribution in [0.15, 0.2) is 60.9 Å². The Bertz CT molecular complexity index is 1110. The first kappa shape index (κ1) is 20.7. The number of aliphatic hydroxyl groups is 1. The minimum atomic E-state index is -1.21. The third-order valence-electron chi connectivity index (χ3n) is 4.07. The second kappa shape index (κ2) is 9.45. The van der Waals surface area contributed by atoms with Crippen LogP contribution in [0.1, 0.15) is 28.4 Å². The Morgan fingerprint density at radius 2 is 1.83 bits per heavy atom. The molecule has 0 radical (unpaired) electrons. The van der Waals surface area contributed by atoms with Gasteiger partial charge in [0.1, 0.15) is 11.9 Å². The Kier molecular flexibility index (Phi) is 6.53. The van der Waals surface area contributed by atoms with Crippen LogP contribution in [0.2, 0.25) is 0 Å². The normalized spacial score (nSPS) is 11.0. The fourth-order valence-corrected chi connectivity index (χ4v) is 2.51. The summed E-state index contributed by atoms with van der Waals surface area (Å²) in [6, 6.07) is 14.0. The molecule has 0 bridgehead atoms. The molecule has 2 N–H and O–H groups in total. The van der Waals surface area contributed by atoms with Gasteiger partial charge in [-0.2, -0.15) is 0 Å². The minimum Gasteiger partial charge on any atom is -0.465 e. The molecule has 150 valence electrons. The van der Waals surface area contributed by atoms with Crippen LogP contribution >= 0.6 is 0 Å². The van der Waals surface area contributed by atoms with Crippen molar-refractivity contribution in [1.82, 2.24) is 9.97 Å². The van der Waals surface area contributed by atoms with Crippen molar-refractivity contribution >= 4 is 17.7 Å². The molecule has 2 aromatic heterocycles. The first-order valence-electron chi connectivity index (χ1n) is 9.08. The molecule has 1 amide bonds. The van der Waals surface area contributed by atoms with Gasteiger partial charge in [0.2, 0.25) is 0 Å². The third-order valence-corrected chi connectivity index (χ3v) is 4.07. The molecule has 0 aliphatic heterocycles. The van der Waals surface area contributed by atoms with E-state index >= 15 is 0 Å². The maximum atomic E-state index is 12.0. The lowest BCUT2D eigenvalue weighted by Crippen LogP contribution is -2.25. The number of carbonyl (C=O) groups excluding carboxylic acids is 2. The number of esters is 1. The van der Waals surface area contributed by atoms with E-state index in [0.29, 0.717) is 5.69 Å². The van der Waals surface area contributed by atoms with Crippen LogP contribution in [0.5, 0.6) is 0 Å². The van der Waals surface area contributed by atoms with Crippen LogP contribution in [-0.2, 0) is 9.53 Å². The number of amides is 1. The second-order valence-electron chi connectivity index (χ2n) is 6.35. The number of rotatable bonds is 4. The molecule has 30 heavy (non-hydrogen) atoms. The number of ether oxygens (including phenoxy) is 1. The topological polar surface area (TPSA) is 101 Å². The molecule has 1 aromatic carbocycles. The van der Waals surface area contributed by atoms with Crippen LogP contribution in [0.3, 0.4) is 0 Å². The zero-order chi connectivity index (χ0) is 21.5. The second-order valence-corrected chi connectivity index (χ2v) is 6.35. The SMILES string of the molecule is COC(=O)c1cc(NC(=O)[C@H](C)O)nc(-c2ccc(C#Cc3cccnc3)cc2)c1. The van der Waals surface area contributed by atoms with Gasteiger partial charge in [-0.05, 0) is 43.3 Å². The van der Waals surface area contributed by atoms with E-state index in [9.17, 15) is 14.7 Å². The molecule has 0 fully saturated rings. The third kappa shape index (κ3) is 5.28. The molecule has 0 saturated heterocycles. The van der Waals surface area contributed by atoms with Crippen molar-refractivity contribution in [2.45, 2.75) is 13.0 Å². The molecule has 0 spiro atoms. The Morgan fingerprint density at radius 3 is 2.47 bits per heavy atom. The molecule has 0 unspecified atom stereocenters. The molecule has 7 heteroatoms. The summed E-state index contributed by atoms with van der Waals surface area (Å²) in [5, 5.41) is 11.9. The zero-order valence-corrected chi connectivity index (χ0v) is 16.4. The number of nitrogens with zero attached hydrogens (tertiary/aromatic N) is 2. The van der Waals surface area contributed by atoms with Crippen molar-refractivity contribution in [2.75, 3.05) is 12.4 Å². The van der Waals surface area contributed by atoms with E-state index in [2.05, 4.69) is 27.1 Å². The first-order chi connectivity index (χ1) is 14.5. The summed E-state index contributed by atoms with van der Waals surface area (Å²) < 4.78 is 4.78. The van der Waals surface area contributed by atoms with Crippen molar-refractivity contribution < 1.29 is 19.4 Å². The van der Waals surface area contributed by atoms with Crippen molar-refractivity contribution in [3.8, 4) is 23.1 Å². The quantitative estimate of drug-likeness (QED) is 0.515. The molecule has 0 aliphatic carbocycles. The van der Waals surface area contributed by atoms with Crippen molar-refractivity contribution in [3.05, 3.63) is 77.6 Å². The smallest absolute Gasteiger partial charge is 0.338 e. The average molecular weight is 401 g/mol. The average Bonchev–Trinajstić information content (AvgIpc) is 2.77. The van der Waals surface area contributed by atoms with Gasteiger partial charge in [0.05, 0.1) is 18.4 Å². The largest absolute Gasteiger partial charge is 0.465 e. The number of nitrogens with one attached hydrogen (secondary N) is 1. The number of hydrogen-bond acceptors (Lipinski definition) is 6. The lowest BCUT2D eigenvalue weighted by molar-refractivity contribution is -0.123. The van der Waals surface area contributed by atoms with Gasteiger partial charge in [-0.1, -0.05) is 24.0 Å².